The van der Waals surface area contributed by atoms with Crippen LogP contribution >= 0.6 is 0 Å². The molecule has 3 aromatic rings. The summed E-state index contributed by atoms with van der Waals surface area (Å²) in [5, 5.41) is 12.8. The van der Waals surface area contributed by atoms with Gasteiger partial charge in [0, 0.05) is 37.6 Å². The predicted octanol–water partition coefficient (Wildman–Crippen LogP) is 4.63. The van der Waals surface area contributed by atoms with E-state index < -0.39 is 23.5 Å². The molecule has 0 saturated carbocycles. The van der Waals surface area contributed by atoms with Crippen LogP contribution in [0.4, 0.5) is 4.79 Å². The lowest BCUT2D eigenvalue weighted by Crippen LogP contribution is -2.62. The number of ether oxygens (including phenoxy) is 1. The van der Waals surface area contributed by atoms with E-state index in [0.29, 0.717) is 38.9 Å². The third-order valence-electron chi connectivity index (χ3n) is 9.78. The zero-order chi connectivity index (χ0) is 28.8. The maximum atomic E-state index is 14.4. The summed E-state index contributed by atoms with van der Waals surface area (Å²) in [6, 6.07) is 26.0. The van der Waals surface area contributed by atoms with Gasteiger partial charge in [-0.3, -0.25) is 14.5 Å². The first kappa shape index (κ1) is 26.7. The molecule has 0 radical (unpaired) electrons. The molecule has 0 spiro atoms. The summed E-state index contributed by atoms with van der Waals surface area (Å²) < 4.78 is 5.89. The Kier molecular flexibility index (Phi) is 6.73. The van der Waals surface area contributed by atoms with Crippen molar-refractivity contribution in [3.63, 3.8) is 0 Å². The van der Waals surface area contributed by atoms with Crippen LogP contribution in [0.1, 0.15) is 48.3 Å². The number of carboxylic acid groups (broad SMARTS) is 1. The molecular formula is C34H35N3O5. The average molecular weight is 566 g/mol. The average Bonchev–Trinajstić information content (AvgIpc) is 3.77. The van der Waals surface area contributed by atoms with Crippen LogP contribution < -0.4 is 5.32 Å². The minimum Gasteiger partial charge on any atom is -0.481 e. The molecule has 7 rings (SSSR count). The molecule has 42 heavy (non-hydrogen) atoms. The monoisotopic (exact) mass is 565 g/mol. The van der Waals surface area contributed by atoms with E-state index >= 15 is 0 Å². The first-order valence-electron chi connectivity index (χ1n) is 14.9. The van der Waals surface area contributed by atoms with Gasteiger partial charge < -0.3 is 20.1 Å². The molecule has 3 heterocycles. The molecule has 216 valence electrons. The number of likely N-dealkylation sites (tertiary alicyclic amines) is 1. The number of carbonyl (C=O) groups excluding carboxylic acids is 2. The Labute approximate surface area is 245 Å². The van der Waals surface area contributed by atoms with Crippen LogP contribution in [0.3, 0.4) is 0 Å². The molecule has 0 aromatic heterocycles. The van der Waals surface area contributed by atoms with Gasteiger partial charge in [0.2, 0.25) is 5.91 Å². The molecule has 8 nitrogen and oxygen atoms in total. The Morgan fingerprint density at radius 1 is 0.905 bits per heavy atom. The fourth-order valence-electron chi connectivity index (χ4n) is 7.84. The van der Waals surface area contributed by atoms with Crippen molar-refractivity contribution in [3.05, 3.63) is 95.6 Å². The molecule has 2 N–H and O–H groups in total. The molecule has 2 bridgehead atoms. The topological polar surface area (TPSA) is 99.2 Å². The van der Waals surface area contributed by atoms with Crippen LogP contribution in [-0.2, 0) is 20.9 Å². The highest BCUT2D eigenvalue weighted by Crippen LogP contribution is 2.45. The van der Waals surface area contributed by atoms with Crippen LogP contribution in [-0.4, -0.2) is 70.2 Å². The zero-order valence-corrected chi connectivity index (χ0v) is 23.4. The van der Waals surface area contributed by atoms with Gasteiger partial charge in [-0.2, -0.15) is 0 Å². The van der Waals surface area contributed by atoms with Crippen LogP contribution in [0.25, 0.3) is 11.1 Å². The summed E-state index contributed by atoms with van der Waals surface area (Å²) in [6.45, 7) is 1.80. The second-order valence-corrected chi connectivity index (χ2v) is 12.2. The van der Waals surface area contributed by atoms with Gasteiger partial charge in [-0.05, 0) is 53.5 Å². The largest absolute Gasteiger partial charge is 0.481 e. The van der Waals surface area contributed by atoms with E-state index in [1.807, 2.05) is 42.5 Å². The van der Waals surface area contributed by atoms with Crippen LogP contribution in [0.15, 0.2) is 78.9 Å². The lowest BCUT2D eigenvalue weighted by Gasteiger charge is -2.35. The zero-order valence-electron chi connectivity index (χ0n) is 23.4. The summed E-state index contributed by atoms with van der Waals surface area (Å²) in [7, 11) is 0. The number of hydrogen-bond acceptors (Lipinski definition) is 5. The van der Waals surface area contributed by atoms with Crippen molar-refractivity contribution in [2.24, 2.45) is 5.92 Å². The Hall–Kier alpha value is -4.17. The quantitative estimate of drug-likeness (QED) is 0.433. The van der Waals surface area contributed by atoms with Gasteiger partial charge in [0.05, 0.1) is 5.92 Å². The number of fused-ring (bicyclic) bond motifs is 5. The van der Waals surface area contributed by atoms with Crippen molar-refractivity contribution in [1.82, 2.24) is 15.1 Å². The molecule has 8 heteroatoms. The molecule has 4 atom stereocenters. The molecule has 2 amide bonds. The summed E-state index contributed by atoms with van der Waals surface area (Å²) in [5.74, 6) is -1.67. The van der Waals surface area contributed by atoms with Crippen molar-refractivity contribution in [2.45, 2.75) is 55.8 Å². The lowest BCUT2D eigenvalue weighted by atomic mass is 9.89. The van der Waals surface area contributed by atoms with E-state index in [4.69, 9.17) is 4.74 Å². The second kappa shape index (κ2) is 10.6. The third-order valence-corrected chi connectivity index (χ3v) is 9.78. The lowest BCUT2D eigenvalue weighted by molar-refractivity contribution is -0.144. The third kappa shape index (κ3) is 4.54. The maximum Gasteiger partial charge on any atom is 0.408 e. The van der Waals surface area contributed by atoms with Gasteiger partial charge in [0.15, 0.2) is 0 Å². The SMILES string of the molecule is O=C(NC1(C(=O)N2[C@H]3CC[C@@H]2[C@H](C(=O)O)C3)CCN(Cc2ccccc2)C1)OCC1c2ccccc2-c2ccccc21. The van der Waals surface area contributed by atoms with Crippen molar-refractivity contribution in [3.8, 4) is 11.1 Å². The van der Waals surface area contributed by atoms with Crippen LogP contribution in [0.2, 0.25) is 0 Å². The number of alkyl carbamates (subject to hydrolysis) is 1. The number of rotatable bonds is 7. The Morgan fingerprint density at radius 3 is 2.24 bits per heavy atom. The Morgan fingerprint density at radius 2 is 1.57 bits per heavy atom. The second-order valence-electron chi connectivity index (χ2n) is 12.2. The van der Waals surface area contributed by atoms with E-state index in [-0.39, 0.29) is 30.5 Å². The van der Waals surface area contributed by atoms with E-state index in [1.54, 1.807) is 4.90 Å². The predicted molar refractivity (Wildman–Crippen MR) is 157 cm³/mol. The van der Waals surface area contributed by atoms with E-state index in [9.17, 15) is 19.5 Å². The number of carbonyl (C=O) groups is 3. The smallest absolute Gasteiger partial charge is 0.408 e. The Balaban J connectivity index is 1.11. The van der Waals surface area contributed by atoms with Gasteiger partial charge in [-0.15, -0.1) is 0 Å². The van der Waals surface area contributed by atoms with Gasteiger partial charge in [0.1, 0.15) is 12.1 Å². The first-order valence-corrected chi connectivity index (χ1v) is 14.9. The molecule has 3 aliphatic heterocycles. The van der Waals surface area contributed by atoms with Gasteiger partial charge in [0.25, 0.3) is 0 Å². The highest BCUT2D eigenvalue weighted by molar-refractivity contribution is 5.92. The minimum atomic E-state index is -1.18. The first-order chi connectivity index (χ1) is 20.4. The standard InChI is InChI=1S/C34H35N3O5/c38-31(39)28-18-23-14-15-30(28)37(23)32(40)34(16-17-36(21-34)19-22-8-2-1-3-9-22)35-33(41)42-20-29-26-12-6-4-10-24(26)25-11-5-7-13-27(25)29/h1-13,23,28-30H,14-21H2,(H,35,41)(H,38,39)/t23-,28+,30+,34?/m0/s1. The Bertz CT molecular complexity index is 1480. The maximum absolute atomic E-state index is 14.4. The highest BCUT2D eigenvalue weighted by Gasteiger charge is 2.57. The molecule has 3 aromatic carbocycles. The van der Waals surface area contributed by atoms with E-state index in [2.05, 4.69) is 46.6 Å². The number of benzene rings is 3. The van der Waals surface area contributed by atoms with E-state index in [0.717, 1.165) is 34.2 Å². The molecule has 3 saturated heterocycles. The summed E-state index contributed by atoms with van der Waals surface area (Å²) in [4.78, 5) is 43.8. The molecule has 3 fully saturated rings. The molecule has 1 unspecified atom stereocenters. The molecular weight excluding hydrogens is 530 g/mol. The van der Waals surface area contributed by atoms with Crippen molar-refractivity contribution < 1.29 is 24.2 Å². The summed E-state index contributed by atoms with van der Waals surface area (Å²) in [6.07, 6.45) is 1.78. The molecule has 1 aliphatic carbocycles. The number of nitrogens with one attached hydrogen (secondary N) is 1. The minimum absolute atomic E-state index is 0.0845. The highest BCUT2D eigenvalue weighted by atomic mass is 16.5. The number of carboxylic acids is 1. The number of amides is 2. The summed E-state index contributed by atoms with van der Waals surface area (Å²) in [5.41, 5.74) is 4.51. The number of hydrogen-bond donors (Lipinski definition) is 2. The fraction of sp³-hybridized carbons (Fsp3) is 0.382. The van der Waals surface area contributed by atoms with Crippen molar-refractivity contribution >= 4 is 18.0 Å². The van der Waals surface area contributed by atoms with Crippen LogP contribution in [0, 0.1) is 5.92 Å². The van der Waals surface area contributed by atoms with Crippen molar-refractivity contribution in [1.29, 1.82) is 0 Å². The van der Waals surface area contributed by atoms with Gasteiger partial charge in [-0.25, -0.2) is 4.79 Å². The van der Waals surface area contributed by atoms with Gasteiger partial charge in [-0.1, -0.05) is 78.9 Å². The molecule has 4 aliphatic rings. The number of nitrogens with zero attached hydrogens (tertiary/aromatic N) is 2. The van der Waals surface area contributed by atoms with Crippen molar-refractivity contribution in [2.75, 3.05) is 19.7 Å². The number of aliphatic carboxylic acids is 1. The van der Waals surface area contributed by atoms with E-state index in [1.165, 1.54) is 0 Å². The summed E-state index contributed by atoms with van der Waals surface area (Å²) >= 11 is 0. The normalized spacial score (nSPS) is 26.2. The van der Waals surface area contributed by atoms with Crippen LogP contribution in [0.5, 0.6) is 0 Å². The van der Waals surface area contributed by atoms with Gasteiger partial charge >= 0.3 is 12.1 Å². The fourth-order valence-corrected chi connectivity index (χ4v) is 7.84.